The molecule has 108 valence electrons. The van der Waals surface area contributed by atoms with Gasteiger partial charge in [-0.2, -0.15) is 0 Å². The van der Waals surface area contributed by atoms with Crippen LogP contribution in [0.4, 0.5) is 0 Å². The van der Waals surface area contributed by atoms with E-state index in [1.165, 1.54) is 0 Å². The van der Waals surface area contributed by atoms with Crippen LogP contribution in [0.15, 0.2) is 24.3 Å². The van der Waals surface area contributed by atoms with Crippen LogP contribution < -0.4 is 20.5 Å². The Morgan fingerprint density at radius 1 is 1.40 bits per heavy atom. The molecule has 1 aliphatic heterocycles. The minimum Gasteiger partial charge on any atom is -0.485 e. The minimum atomic E-state index is -0.616. The highest BCUT2D eigenvalue weighted by atomic mass is 16.6. The van der Waals surface area contributed by atoms with Gasteiger partial charge in [-0.3, -0.25) is 4.79 Å². The van der Waals surface area contributed by atoms with Gasteiger partial charge in [-0.1, -0.05) is 12.1 Å². The minimum absolute atomic E-state index is 0.153. The van der Waals surface area contributed by atoms with Gasteiger partial charge < -0.3 is 20.5 Å². The van der Waals surface area contributed by atoms with E-state index in [-0.39, 0.29) is 18.1 Å². The predicted molar refractivity (Wildman–Crippen MR) is 74.7 cm³/mol. The maximum absolute atomic E-state index is 12.3. The summed E-state index contributed by atoms with van der Waals surface area (Å²) in [5.41, 5.74) is 5.48. The monoisotopic (exact) mass is 276 g/mol. The molecule has 2 aliphatic rings. The molecule has 1 aliphatic carbocycles. The van der Waals surface area contributed by atoms with Crippen molar-refractivity contribution < 1.29 is 14.3 Å². The van der Waals surface area contributed by atoms with Gasteiger partial charge in [0.25, 0.3) is 5.91 Å². The van der Waals surface area contributed by atoms with Crippen LogP contribution in [-0.2, 0) is 4.79 Å². The quantitative estimate of drug-likeness (QED) is 0.862. The molecule has 0 bridgehead atoms. The van der Waals surface area contributed by atoms with Gasteiger partial charge in [0.2, 0.25) is 6.10 Å². The number of fused-ring (bicyclic) bond motifs is 1. The Morgan fingerprint density at radius 3 is 2.75 bits per heavy atom. The van der Waals surface area contributed by atoms with Crippen molar-refractivity contribution in [3.05, 3.63) is 24.3 Å². The second kappa shape index (κ2) is 4.98. The molecule has 3 N–H and O–H groups in total. The Balaban J connectivity index is 1.67. The van der Waals surface area contributed by atoms with Crippen LogP contribution in [-0.4, -0.2) is 30.7 Å². The van der Waals surface area contributed by atoms with Crippen LogP contribution in [0.3, 0.4) is 0 Å². The summed E-state index contributed by atoms with van der Waals surface area (Å²) in [7, 11) is 0. The van der Waals surface area contributed by atoms with Crippen molar-refractivity contribution >= 4 is 5.91 Å². The van der Waals surface area contributed by atoms with E-state index in [2.05, 4.69) is 5.32 Å². The van der Waals surface area contributed by atoms with Gasteiger partial charge in [0.05, 0.1) is 5.54 Å². The van der Waals surface area contributed by atoms with Crippen LogP contribution in [0, 0.1) is 5.92 Å². The number of carbonyl (C=O) groups is 1. The summed E-state index contributed by atoms with van der Waals surface area (Å²) in [5.74, 6) is 1.62. The van der Waals surface area contributed by atoms with Crippen LogP contribution in [0.25, 0.3) is 0 Å². The zero-order valence-electron chi connectivity index (χ0n) is 11.6. The number of hydrogen-bond acceptors (Lipinski definition) is 4. The molecule has 0 aromatic heterocycles. The summed E-state index contributed by atoms with van der Waals surface area (Å²) in [6.07, 6.45) is 1.63. The number of benzene rings is 1. The molecule has 5 nitrogen and oxygen atoms in total. The molecule has 2 atom stereocenters. The third kappa shape index (κ3) is 2.45. The highest BCUT2D eigenvalue weighted by molar-refractivity contribution is 5.82. The molecule has 0 saturated heterocycles. The Morgan fingerprint density at radius 2 is 2.10 bits per heavy atom. The third-order valence-electron chi connectivity index (χ3n) is 4.11. The van der Waals surface area contributed by atoms with Gasteiger partial charge in [-0.25, -0.2) is 0 Å². The first-order valence-electron chi connectivity index (χ1n) is 7.03. The Labute approximate surface area is 118 Å². The number of nitrogens with one attached hydrogen (secondary N) is 1. The van der Waals surface area contributed by atoms with Crippen LogP contribution in [0.1, 0.15) is 19.8 Å². The highest BCUT2D eigenvalue weighted by Gasteiger charge is 2.43. The van der Waals surface area contributed by atoms with Gasteiger partial charge in [0.1, 0.15) is 6.61 Å². The average molecular weight is 276 g/mol. The standard InChI is InChI=1S/C15H20N2O3/c1-15(9-16,10-6-7-10)17-14(18)13-8-19-11-4-2-3-5-12(11)20-13/h2-5,10,13H,6-9,16H2,1H3,(H,17,18). The van der Waals surface area contributed by atoms with Gasteiger partial charge in [-0.05, 0) is 37.8 Å². The van der Waals surface area contributed by atoms with Crippen molar-refractivity contribution in [1.82, 2.24) is 5.32 Å². The summed E-state index contributed by atoms with van der Waals surface area (Å²) in [5, 5.41) is 3.04. The number of rotatable bonds is 4. The molecular weight excluding hydrogens is 256 g/mol. The zero-order valence-corrected chi connectivity index (χ0v) is 11.6. The molecule has 3 rings (SSSR count). The molecule has 0 radical (unpaired) electrons. The van der Waals surface area contributed by atoms with E-state index in [1.54, 1.807) is 6.07 Å². The van der Waals surface area contributed by atoms with Gasteiger partial charge in [0.15, 0.2) is 11.5 Å². The molecule has 1 heterocycles. The molecular formula is C15H20N2O3. The molecule has 0 spiro atoms. The third-order valence-corrected chi connectivity index (χ3v) is 4.11. The number of nitrogens with two attached hydrogens (primary N) is 1. The summed E-state index contributed by atoms with van der Waals surface area (Å²) in [4.78, 5) is 12.3. The van der Waals surface area contributed by atoms with E-state index < -0.39 is 6.10 Å². The first-order chi connectivity index (χ1) is 9.62. The van der Waals surface area contributed by atoms with Crippen LogP contribution in [0.2, 0.25) is 0 Å². The van der Waals surface area contributed by atoms with E-state index in [1.807, 2.05) is 25.1 Å². The lowest BCUT2D eigenvalue weighted by Gasteiger charge is -2.33. The SMILES string of the molecule is CC(CN)(NC(=O)C1COc2ccccc2O1)C1CC1. The second-order valence-electron chi connectivity index (χ2n) is 5.75. The molecule has 1 aromatic carbocycles. The van der Waals surface area contributed by atoms with Gasteiger partial charge in [0, 0.05) is 6.54 Å². The fraction of sp³-hybridized carbons (Fsp3) is 0.533. The molecule has 1 amide bonds. The lowest BCUT2D eigenvalue weighted by Crippen LogP contribution is -2.57. The summed E-state index contributed by atoms with van der Waals surface area (Å²) in [6, 6.07) is 7.37. The first-order valence-corrected chi connectivity index (χ1v) is 7.03. The molecule has 2 unspecified atom stereocenters. The lowest BCUT2D eigenvalue weighted by atomic mass is 9.95. The topological polar surface area (TPSA) is 73.6 Å². The number of carbonyl (C=O) groups excluding carboxylic acids is 1. The number of amides is 1. The normalized spacial score (nSPS) is 23.8. The molecule has 20 heavy (non-hydrogen) atoms. The van der Waals surface area contributed by atoms with Crippen LogP contribution in [0.5, 0.6) is 11.5 Å². The molecule has 1 saturated carbocycles. The molecule has 1 aromatic rings. The van der Waals surface area contributed by atoms with E-state index in [9.17, 15) is 4.79 Å². The highest BCUT2D eigenvalue weighted by Crippen LogP contribution is 2.39. The van der Waals surface area contributed by atoms with E-state index >= 15 is 0 Å². The van der Waals surface area contributed by atoms with E-state index in [0.717, 1.165) is 12.8 Å². The Hall–Kier alpha value is -1.75. The van der Waals surface area contributed by atoms with Crippen molar-refractivity contribution in [3.63, 3.8) is 0 Å². The first kappa shape index (κ1) is 13.2. The molecule has 5 heteroatoms. The van der Waals surface area contributed by atoms with Crippen molar-refractivity contribution in [2.24, 2.45) is 11.7 Å². The zero-order chi connectivity index (χ0) is 14.2. The number of ether oxygens (including phenoxy) is 2. The maximum atomic E-state index is 12.3. The Bertz CT molecular complexity index is 516. The van der Waals surface area contributed by atoms with E-state index in [4.69, 9.17) is 15.2 Å². The van der Waals surface area contributed by atoms with Gasteiger partial charge >= 0.3 is 0 Å². The van der Waals surface area contributed by atoms with E-state index in [0.29, 0.717) is 24.0 Å². The Kier molecular flexibility index (Phi) is 3.30. The lowest BCUT2D eigenvalue weighted by molar-refractivity contribution is -0.132. The smallest absolute Gasteiger partial charge is 0.265 e. The number of para-hydroxylation sites is 2. The van der Waals surface area contributed by atoms with Crippen LogP contribution >= 0.6 is 0 Å². The van der Waals surface area contributed by atoms with Crippen molar-refractivity contribution in [3.8, 4) is 11.5 Å². The average Bonchev–Trinajstić information content (AvgIpc) is 3.31. The fourth-order valence-corrected chi connectivity index (χ4v) is 2.55. The second-order valence-corrected chi connectivity index (χ2v) is 5.75. The largest absolute Gasteiger partial charge is 0.485 e. The summed E-state index contributed by atoms with van der Waals surface area (Å²) < 4.78 is 11.3. The fourth-order valence-electron chi connectivity index (χ4n) is 2.55. The van der Waals surface area contributed by atoms with Gasteiger partial charge in [-0.15, -0.1) is 0 Å². The maximum Gasteiger partial charge on any atom is 0.265 e. The molecule has 1 fully saturated rings. The van der Waals surface area contributed by atoms with Crippen molar-refractivity contribution in [2.45, 2.75) is 31.4 Å². The summed E-state index contributed by atoms with van der Waals surface area (Å²) in [6.45, 7) is 2.67. The van der Waals surface area contributed by atoms with Crippen molar-refractivity contribution in [1.29, 1.82) is 0 Å². The summed E-state index contributed by atoms with van der Waals surface area (Å²) >= 11 is 0. The van der Waals surface area contributed by atoms with Crippen molar-refractivity contribution in [2.75, 3.05) is 13.2 Å². The number of hydrogen-bond donors (Lipinski definition) is 2. The predicted octanol–water partition coefficient (Wildman–Crippen LogP) is 1.07.